The zero-order valence-corrected chi connectivity index (χ0v) is 25.6. The number of hydrogen-bond donors (Lipinski definition) is 0. The fraction of sp³-hybridized carbons (Fsp3) is 0.864. The molecule has 0 fully saturated rings. The van der Waals surface area contributed by atoms with Gasteiger partial charge in [0, 0.05) is 5.57 Å². The summed E-state index contributed by atoms with van der Waals surface area (Å²) in [5, 5.41) is 0. The summed E-state index contributed by atoms with van der Waals surface area (Å²) in [4.78, 5) is 11.3. The Bertz CT molecular complexity index is 1510. The van der Waals surface area contributed by atoms with Gasteiger partial charge in [-0.1, -0.05) is 13.0 Å². The smallest absolute Gasteiger partial charge is 0.393 e. The minimum absolute atomic E-state index is 0.243. The molecule has 340 valence electrons. The molecule has 0 aliphatic rings. The van der Waals surface area contributed by atoms with E-state index >= 15 is 0 Å². The van der Waals surface area contributed by atoms with Crippen LogP contribution in [0.5, 0.6) is 0 Å². The van der Waals surface area contributed by atoms with Crippen molar-refractivity contribution in [2.45, 2.75) is 115 Å². The van der Waals surface area contributed by atoms with Gasteiger partial charge >= 0.3 is 101 Å². The fourth-order valence-electron chi connectivity index (χ4n) is 3.38. The Balaban J connectivity index is 7.70. The number of hydrogen-bond acceptors (Lipinski definition) is 2. The highest BCUT2D eigenvalue weighted by molar-refractivity contribution is 5.87. The van der Waals surface area contributed by atoms with Crippen LogP contribution in [0.2, 0.25) is 0 Å². The van der Waals surface area contributed by atoms with E-state index in [0.29, 0.717) is 6.08 Å². The van der Waals surface area contributed by atoms with Gasteiger partial charge in [-0.25, -0.2) is 4.79 Å². The Hall–Kier alpha value is -3.10. The number of rotatable bonds is 17. The molecule has 0 aromatic carbocycles. The van der Waals surface area contributed by atoms with Gasteiger partial charge < -0.3 is 4.74 Å². The van der Waals surface area contributed by atoms with Gasteiger partial charge in [0.05, 0.1) is 0 Å². The Labute approximate surface area is 288 Å². The lowest BCUT2D eigenvalue weighted by Crippen LogP contribution is -2.80. The third-order valence-electron chi connectivity index (χ3n) is 6.90. The van der Waals surface area contributed by atoms with Crippen molar-refractivity contribution in [3.05, 3.63) is 11.6 Å². The van der Waals surface area contributed by atoms with E-state index in [1.165, 1.54) is 0 Å². The number of ether oxygens (including phenoxy) is 1. The molecule has 0 atom stereocenters. The molecule has 0 aliphatic carbocycles. The van der Waals surface area contributed by atoms with Crippen LogP contribution in [0.25, 0.3) is 0 Å². The normalized spacial score (nSPS) is 16.9. The number of halogens is 33. The second-order valence-corrected chi connectivity index (χ2v) is 10.7. The first-order chi connectivity index (χ1) is 24.1. The summed E-state index contributed by atoms with van der Waals surface area (Å²) in [6.07, 6.45) is -16.4. The molecular weight excluding hydrogens is 923 g/mol. The highest BCUT2D eigenvalue weighted by atomic mass is 19.4. The van der Waals surface area contributed by atoms with E-state index in [0.717, 1.165) is 6.92 Å². The van der Waals surface area contributed by atoms with Crippen molar-refractivity contribution in [3.63, 3.8) is 0 Å². The summed E-state index contributed by atoms with van der Waals surface area (Å²) in [6.45, 7) is 1.21. The Morgan fingerprint density at radius 1 is 0.351 bits per heavy atom. The van der Waals surface area contributed by atoms with Crippen molar-refractivity contribution in [3.8, 4) is 0 Å². The molecule has 0 heterocycles. The molecule has 0 aromatic rings. The van der Waals surface area contributed by atoms with Crippen molar-refractivity contribution in [1.82, 2.24) is 0 Å². The van der Waals surface area contributed by atoms with Gasteiger partial charge in [-0.05, 0) is 13.3 Å². The van der Waals surface area contributed by atoms with Crippen LogP contribution in [0, 0.1) is 0 Å². The van der Waals surface area contributed by atoms with Gasteiger partial charge in [0.1, 0.15) is 0 Å². The van der Waals surface area contributed by atoms with Crippen molar-refractivity contribution in [2.75, 3.05) is 0 Å². The van der Waals surface area contributed by atoms with E-state index in [1.807, 2.05) is 0 Å². The van der Waals surface area contributed by atoms with Crippen LogP contribution in [0.4, 0.5) is 145 Å². The summed E-state index contributed by atoms with van der Waals surface area (Å²) in [5.74, 6) is -140. The summed E-state index contributed by atoms with van der Waals surface area (Å²) in [6, 6.07) is 0. The molecule has 0 amide bonds. The van der Waals surface area contributed by atoms with E-state index in [4.69, 9.17) is 0 Å². The van der Waals surface area contributed by atoms with E-state index in [9.17, 15) is 150 Å². The van der Waals surface area contributed by atoms with Crippen LogP contribution >= 0.6 is 0 Å². The molecule has 0 aromatic heterocycles. The highest BCUT2D eigenvalue weighted by Crippen LogP contribution is 2.70. The Morgan fingerprint density at radius 2 is 0.526 bits per heavy atom. The van der Waals surface area contributed by atoms with Crippen LogP contribution < -0.4 is 0 Å². The molecule has 0 rings (SSSR count). The number of allylic oxidation sites excluding steroid dienone is 1. The third-order valence-corrected chi connectivity index (χ3v) is 6.90. The lowest BCUT2D eigenvalue weighted by Gasteiger charge is -2.46. The number of esters is 1. The van der Waals surface area contributed by atoms with Gasteiger partial charge in [0.15, 0.2) is 0 Å². The average Bonchev–Trinajstić information content (AvgIpc) is 2.98. The molecule has 0 spiro atoms. The summed E-state index contributed by atoms with van der Waals surface area (Å²) in [7, 11) is 0. The minimum atomic E-state index is -10.2. The second kappa shape index (κ2) is 13.7. The standard InChI is InChI=1S/C22H9F33O2/c1-3-4-5(2)6(56)57-22(54,55)20(49,50)18(45,46)16(41,42)14(37,38)12(33,34)10(29,30)8(25,26)7(23,24)9(27,28)11(31,32)13(35,36)15(39,40)17(43,44)19(47,48)21(51,52)53/h4H,3H2,1-2H3. The molecule has 0 aliphatic heterocycles. The molecule has 2 nitrogen and oxygen atoms in total. The van der Waals surface area contributed by atoms with Crippen LogP contribution in [0.15, 0.2) is 11.6 Å². The van der Waals surface area contributed by atoms with Crippen LogP contribution in [-0.4, -0.2) is 101 Å². The SMILES string of the molecule is CCC=C(C)C(=O)OC(F)(F)C(F)(F)C(F)(F)C(F)(F)C(F)(F)C(F)(F)C(F)(F)C(F)(F)C(F)(F)C(F)(F)C(F)(F)C(F)(F)C(F)(F)C(F)(F)C(F)(F)C(F)(F)F. The first-order valence-electron chi connectivity index (χ1n) is 12.8. The molecule has 0 radical (unpaired) electrons. The van der Waals surface area contributed by atoms with Gasteiger partial charge in [0.2, 0.25) is 0 Å². The predicted octanol–water partition coefficient (Wildman–Crippen LogP) is 11.9. The fourth-order valence-corrected chi connectivity index (χ4v) is 3.38. The maximum Gasteiger partial charge on any atom is 0.473 e. The van der Waals surface area contributed by atoms with Gasteiger partial charge in [-0.3, -0.25) is 0 Å². The molecule has 0 N–H and O–H groups in total. The Kier molecular flexibility index (Phi) is 13.0. The average molecular weight is 932 g/mol. The topological polar surface area (TPSA) is 26.3 Å². The molecular formula is C22H9F33O2. The highest BCUT2D eigenvalue weighted by Gasteiger charge is 3.02. The number of carbonyl (C=O) groups excluding carboxylic acids is 1. The van der Waals surface area contributed by atoms with Crippen molar-refractivity contribution in [1.29, 1.82) is 0 Å². The zero-order valence-electron chi connectivity index (χ0n) is 25.6. The van der Waals surface area contributed by atoms with Crippen LogP contribution in [0.3, 0.4) is 0 Å². The maximum atomic E-state index is 14.0. The lowest BCUT2D eigenvalue weighted by atomic mass is 9.83. The molecule has 0 saturated heterocycles. The minimum Gasteiger partial charge on any atom is -0.393 e. The van der Waals surface area contributed by atoms with Crippen LogP contribution in [-0.2, 0) is 9.53 Å². The van der Waals surface area contributed by atoms with Gasteiger partial charge in [0.25, 0.3) is 0 Å². The first kappa shape index (κ1) is 53.9. The quantitative estimate of drug-likeness (QED) is 0.0825. The molecule has 57 heavy (non-hydrogen) atoms. The number of alkyl halides is 33. The van der Waals surface area contributed by atoms with E-state index in [2.05, 4.69) is 4.74 Å². The van der Waals surface area contributed by atoms with Gasteiger partial charge in [-0.2, -0.15) is 145 Å². The molecule has 0 bridgehead atoms. The molecule has 0 unspecified atom stereocenters. The first-order valence-corrected chi connectivity index (χ1v) is 12.8. The second-order valence-electron chi connectivity index (χ2n) is 10.7. The summed E-state index contributed by atoms with van der Waals surface area (Å²) in [5.41, 5.74) is -1.40. The third kappa shape index (κ3) is 6.62. The maximum absolute atomic E-state index is 14.0. The molecule has 0 saturated carbocycles. The Morgan fingerprint density at radius 3 is 0.702 bits per heavy atom. The molecule has 35 heteroatoms. The van der Waals surface area contributed by atoms with Crippen LogP contribution in [0.1, 0.15) is 20.3 Å². The lowest BCUT2D eigenvalue weighted by molar-refractivity contribution is -0.493. The van der Waals surface area contributed by atoms with E-state index < -0.39 is 113 Å². The van der Waals surface area contributed by atoms with Crippen molar-refractivity contribution >= 4 is 5.97 Å². The van der Waals surface area contributed by atoms with E-state index in [-0.39, 0.29) is 6.92 Å². The van der Waals surface area contributed by atoms with Gasteiger partial charge in [-0.15, -0.1) is 0 Å². The van der Waals surface area contributed by atoms with Crippen molar-refractivity contribution < 1.29 is 154 Å². The zero-order chi connectivity index (χ0) is 47.3. The number of carbonyl (C=O) groups is 1. The van der Waals surface area contributed by atoms with Crippen molar-refractivity contribution in [2.24, 2.45) is 0 Å². The summed E-state index contributed by atoms with van der Waals surface area (Å²) < 4.78 is 450. The summed E-state index contributed by atoms with van der Waals surface area (Å²) >= 11 is 0. The predicted molar refractivity (Wildman–Crippen MR) is 110 cm³/mol. The largest absolute Gasteiger partial charge is 0.473 e. The monoisotopic (exact) mass is 932 g/mol. The van der Waals surface area contributed by atoms with E-state index in [1.54, 1.807) is 0 Å².